The van der Waals surface area contributed by atoms with Crippen molar-refractivity contribution in [2.75, 3.05) is 19.6 Å². The lowest BCUT2D eigenvalue weighted by Gasteiger charge is -2.29. The lowest BCUT2D eigenvalue weighted by molar-refractivity contribution is -0.121. The number of rotatable bonds is 5. The van der Waals surface area contributed by atoms with Gasteiger partial charge < -0.3 is 15.0 Å². The zero-order valence-corrected chi connectivity index (χ0v) is 16.5. The number of nitrogens with zero attached hydrogens (tertiary/aromatic N) is 4. The molecule has 1 spiro atoms. The fourth-order valence-electron chi connectivity index (χ4n) is 5.33. The van der Waals surface area contributed by atoms with Crippen LogP contribution in [0.5, 0.6) is 0 Å². The molecule has 1 aromatic carbocycles. The van der Waals surface area contributed by atoms with Crippen LogP contribution in [0.2, 0.25) is 0 Å². The molecule has 8 heteroatoms. The van der Waals surface area contributed by atoms with Crippen LogP contribution in [0.3, 0.4) is 0 Å². The number of hydrogen-bond donors (Lipinski definition) is 1. The minimum atomic E-state index is -0.260. The topological polar surface area (TPSA) is 89.4 Å². The van der Waals surface area contributed by atoms with Gasteiger partial charge in [0.05, 0.1) is 29.5 Å². The van der Waals surface area contributed by atoms with E-state index in [-0.39, 0.29) is 35.4 Å². The van der Waals surface area contributed by atoms with Crippen LogP contribution in [-0.4, -0.2) is 62.8 Å². The smallest absolute Gasteiger partial charge is 0.256 e. The van der Waals surface area contributed by atoms with E-state index in [1.807, 2.05) is 36.1 Å². The van der Waals surface area contributed by atoms with Gasteiger partial charge in [-0.1, -0.05) is 19.1 Å². The summed E-state index contributed by atoms with van der Waals surface area (Å²) in [7, 11) is 0. The van der Waals surface area contributed by atoms with E-state index in [0.29, 0.717) is 31.6 Å². The Kier molecular flexibility index (Phi) is 4.38. The van der Waals surface area contributed by atoms with E-state index in [9.17, 15) is 9.59 Å². The SMILES string of the molecule is CCC(=O)NC[C@H]1[C@H]2CN(C(=O)c3ccccc3-n3cncn3)C[C@]23CC[C@H]1O3. The van der Waals surface area contributed by atoms with Crippen LogP contribution in [0, 0.1) is 11.8 Å². The predicted molar refractivity (Wildman–Crippen MR) is 104 cm³/mol. The minimum absolute atomic E-state index is 0.0109. The van der Waals surface area contributed by atoms with E-state index in [1.165, 1.54) is 6.33 Å². The molecule has 152 valence electrons. The molecule has 1 aromatic heterocycles. The Morgan fingerprint density at radius 3 is 3.00 bits per heavy atom. The fraction of sp³-hybridized carbons (Fsp3) is 0.524. The summed E-state index contributed by atoms with van der Waals surface area (Å²) < 4.78 is 8.03. The fourth-order valence-corrected chi connectivity index (χ4v) is 5.33. The number of carbonyl (C=O) groups excluding carboxylic acids is 2. The molecule has 29 heavy (non-hydrogen) atoms. The third kappa shape index (κ3) is 2.93. The van der Waals surface area contributed by atoms with E-state index < -0.39 is 0 Å². The van der Waals surface area contributed by atoms with Gasteiger partial charge in [-0.05, 0) is 25.0 Å². The molecular formula is C21H25N5O3. The first-order valence-corrected chi connectivity index (χ1v) is 10.3. The van der Waals surface area contributed by atoms with Gasteiger partial charge in [0.2, 0.25) is 5.91 Å². The number of aromatic nitrogens is 3. The highest BCUT2D eigenvalue weighted by molar-refractivity contribution is 5.98. The summed E-state index contributed by atoms with van der Waals surface area (Å²) in [6.45, 7) is 3.75. The Labute approximate surface area is 169 Å². The minimum Gasteiger partial charge on any atom is -0.369 e. The summed E-state index contributed by atoms with van der Waals surface area (Å²) in [4.78, 5) is 31.1. The van der Waals surface area contributed by atoms with Gasteiger partial charge in [0.1, 0.15) is 12.7 Å². The Morgan fingerprint density at radius 1 is 1.34 bits per heavy atom. The highest BCUT2D eigenvalue weighted by Gasteiger charge is 2.63. The maximum atomic E-state index is 13.4. The van der Waals surface area contributed by atoms with Gasteiger partial charge in [0.25, 0.3) is 5.91 Å². The van der Waals surface area contributed by atoms with Crippen LogP contribution in [0.4, 0.5) is 0 Å². The van der Waals surface area contributed by atoms with Gasteiger partial charge in [-0.25, -0.2) is 9.67 Å². The molecule has 2 amide bonds. The Balaban J connectivity index is 1.37. The van der Waals surface area contributed by atoms with Crippen LogP contribution >= 0.6 is 0 Å². The molecule has 3 aliphatic rings. The van der Waals surface area contributed by atoms with Crippen molar-refractivity contribution in [3.8, 4) is 5.69 Å². The number of hydrogen-bond acceptors (Lipinski definition) is 5. The van der Waals surface area contributed by atoms with E-state index in [4.69, 9.17) is 4.74 Å². The first-order valence-electron chi connectivity index (χ1n) is 10.3. The van der Waals surface area contributed by atoms with E-state index >= 15 is 0 Å². The lowest BCUT2D eigenvalue weighted by atomic mass is 9.73. The molecule has 0 radical (unpaired) electrons. The summed E-state index contributed by atoms with van der Waals surface area (Å²) in [5.74, 6) is 0.585. The lowest BCUT2D eigenvalue weighted by Crippen LogP contribution is -2.41. The molecule has 2 aromatic rings. The normalized spacial score (nSPS) is 29.8. The molecular weight excluding hydrogens is 370 g/mol. The standard InChI is InChI=1S/C21H25N5O3/c1-2-19(27)23-9-15-16-10-25(11-21(16)8-7-18(15)29-21)20(28)14-5-3-4-6-17(14)26-13-22-12-24-26/h3-6,12-13,15-16,18H,2,7-11H2,1H3,(H,23,27)/t15-,16+,18+,21+/m0/s1. The zero-order chi connectivity index (χ0) is 20.0. The summed E-state index contributed by atoms with van der Waals surface area (Å²) in [5, 5.41) is 7.21. The predicted octanol–water partition coefficient (Wildman–Crippen LogP) is 1.41. The number of nitrogens with one attached hydrogen (secondary N) is 1. The van der Waals surface area contributed by atoms with Crippen LogP contribution in [0.1, 0.15) is 36.5 Å². The number of benzene rings is 1. The number of ether oxygens (including phenoxy) is 1. The van der Waals surface area contributed by atoms with E-state index in [2.05, 4.69) is 15.4 Å². The van der Waals surface area contributed by atoms with Crippen molar-refractivity contribution in [2.45, 2.75) is 37.9 Å². The quantitative estimate of drug-likeness (QED) is 0.827. The van der Waals surface area contributed by atoms with Gasteiger partial charge in [-0.3, -0.25) is 9.59 Å². The van der Waals surface area contributed by atoms with Crippen LogP contribution < -0.4 is 5.32 Å². The Hall–Kier alpha value is -2.74. The number of para-hydroxylation sites is 1. The molecule has 0 saturated carbocycles. The molecule has 4 heterocycles. The number of carbonyl (C=O) groups is 2. The molecule has 8 nitrogen and oxygen atoms in total. The maximum absolute atomic E-state index is 13.4. The van der Waals surface area contributed by atoms with Crippen molar-refractivity contribution in [3.63, 3.8) is 0 Å². The average Bonchev–Trinajstić information content (AvgIpc) is 3.52. The monoisotopic (exact) mass is 395 g/mol. The third-order valence-electron chi connectivity index (χ3n) is 6.73. The number of amides is 2. The molecule has 4 atom stereocenters. The second-order valence-corrected chi connectivity index (χ2v) is 8.23. The second-order valence-electron chi connectivity index (χ2n) is 8.23. The molecule has 1 N–H and O–H groups in total. The second kappa shape index (κ2) is 6.95. The van der Waals surface area contributed by atoms with Crippen molar-refractivity contribution in [2.24, 2.45) is 11.8 Å². The largest absolute Gasteiger partial charge is 0.369 e. The van der Waals surface area contributed by atoms with Crippen LogP contribution in [-0.2, 0) is 9.53 Å². The summed E-state index contributed by atoms with van der Waals surface area (Å²) in [6, 6.07) is 7.47. The Bertz CT molecular complexity index is 930. The van der Waals surface area contributed by atoms with Crippen molar-refractivity contribution < 1.29 is 14.3 Å². The van der Waals surface area contributed by atoms with Gasteiger partial charge in [0, 0.05) is 31.3 Å². The maximum Gasteiger partial charge on any atom is 0.256 e. The molecule has 5 rings (SSSR count). The summed E-state index contributed by atoms with van der Waals surface area (Å²) >= 11 is 0. The molecule has 0 unspecified atom stereocenters. The molecule has 0 aliphatic carbocycles. The van der Waals surface area contributed by atoms with Crippen molar-refractivity contribution in [3.05, 3.63) is 42.5 Å². The van der Waals surface area contributed by atoms with Gasteiger partial charge in [0.15, 0.2) is 0 Å². The first-order chi connectivity index (χ1) is 14.1. The van der Waals surface area contributed by atoms with Crippen LogP contribution in [0.15, 0.2) is 36.9 Å². The van der Waals surface area contributed by atoms with Crippen LogP contribution in [0.25, 0.3) is 5.69 Å². The average molecular weight is 395 g/mol. The summed E-state index contributed by atoms with van der Waals surface area (Å²) in [6.07, 6.45) is 5.72. The highest BCUT2D eigenvalue weighted by Crippen LogP contribution is 2.54. The molecule has 3 fully saturated rings. The molecule has 2 bridgehead atoms. The van der Waals surface area contributed by atoms with Gasteiger partial charge in [-0.2, -0.15) is 5.10 Å². The van der Waals surface area contributed by atoms with Crippen molar-refractivity contribution >= 4 is 11.8 Å². The Morgan fingerprint density at radius 2 is 2.21 bits per heavy atom. The first kappa shape index (κ1) is 18.3. The highest BCUT2D eigenvalue weighted by atomic mass is 16.5. The third-order valence-corrected chi connectivity index (χ3v) is 6.73. The zero-order valence-electron chi connectivity index (χ0n) is 16.5. The van der Waals surface area contributed by atoms with Crippen molar-refractivity contribution in [1.29, 1.82) is 0 Å². The molecule has 3 saturated heterocycles. The van der Waals surface area contributed by atoms with E-state index in [0.717, 1.165) is 18.5 Å². The number of likely N-dealkylation sites (tertiary alicyclic amines) is 1. The summed E-state index contributed by atoms with van der Waals surface area (Å²) in [5.41, 5.74) is 1.07. The number of fused-ring (bicyclic) bond motifs is 1. The van der Waals surface area contributed by atoms with Crippen molar-refractivity contribution in [1.82, 2.24) is 25.0 Å². The van der Waals surface area contributed by atoms with Gasteiger partial charge in [-0.15, -0.1) is 0 Å². The van der Waals surface area contributed by atoms with E-state index in [1.54, 1.807) is 11.0 Å². The molecule has 3 aliphatic heterocycles. The van der Waals surface area contributed by atoms with Gasteiger partial charge >= 0.3 is 0 Å².